The monoisotopic (exact) mass is 242 g/mol. The van der Waals surface area contributed by atoms with Crippen LogP contribution in [-0.4, -0.2) is 19.6 Å². The first-order valence-corrected chi connectivity index (χ1v) is 7.48. The third-order valence-electron chi connectivity index (χ3n) is 5.18. The molecule has 0 bridgehead atoms. The first-order valence-electron chi connectivity index (χ1n) is 7.48. The number of rotatable bonds is 1. The fraction of sp³-hybridized carbons (Fsp3) is 0.625. The first kappa shape index (κ1) is 10.9. The third kappa shape index (κ3) is 1.66. The van der Waals surface area contributed by atoms with Gasteiger partial charge in [-0.25, -0.2) is 0 Å². The van der Waals surface area contributed by atoms with E-state index in [9.17, 15) is 0 Å². The molecule has 0 spiro atoms. The molecule has 0 aromatic heterocycles. The van der Waals surface area contributed by atoms with Crippen molar-refractivity contribution in [2.75, 3.05) is 24.5 Å². The second-order valence-corrected chi connectivity index (χ2v) is 6.20. The fourth-order valence-electron chi connectivity index (χ4n) is 4.24. The minimum absolute atomic E-state index is 0.988. The van der Waals surface area contributed by atoms with Gasteiger partial charge in [0.1, 0.15) is 0 Å². The van der Waals surface area contributed by atoms with E-state index in [0.29, 0.717) is 0 Å². The van der Waals surface area contributed by atoms with Crippen molar-refractivity contribution in [1.82, 2.24) is 5.32 Å². The number of hydrogen-bond donors (Lipinski definition) is 1. The van der Waals surface area contributed by atoms with Crippen LogP contribution in [0.5, 0.6) is 0 Å². The summed E-state index contributed by atoms with van der Waals surface area (Å²) in [6.45, 7) is 4.83. The summed E-state index contributed by atoms with van der Waals surface area (Å²) < 4.78 is 0. The highest BCUT2D eigenvalue weighted by Crippen LogP contribution is 2.41. The largest absolute Gasteiger partial charge is 0.371 e. The molecule has 1 saturated carbocycles. The van der Waals surface area contributed by atoms with Gasteiger partial charge in [0.2, 0.25) is 0 Å². The number of anilines is 1. The molecule has 2 atom stereocenters. The van der Waals surface area contributed by atoms with Gasteiger partial charge in [-0.05, 0) is 54.8 Å². The topological polar surface area (TPSA) is 15.3 Å². The molecule has 1 aromatic carbocycles. The minimum Gasteiger partial charge on any atom is -0.371 e. The van der Waals surface area contributed by atoms with Gasteiger partial charge in [-0.2, -0.15) is 0 Å². The van der Waals surface area contributed by atoms with Crippen LogP contribution >= 0.6 is 0 Å². The minimum atomic E-state index is 0.988. The predicted molar refractivity (Wildman–Crippen MR) is 74.9 cm³/mol. The molecule has 2 fully saturated rings. The van der Waals surface area contributed by atoms with Gasteiger partial charge in [0.25, 0.3) is 0 Å². The zero-order chi connectivity index (χ0) is 11.9. The highest BCUT2D eigenvalue weighted by molar-refractivity contribution is 5.58. The Bertz CT molecular complexity index is 442. The molecule has 2 unspecified atom stereocenters. The SMILES string of the molecule is c1cc2c(c(N3CC4CCCC4C3)c1)CCNC2. The molecule has 18 heavy (non-hydrogen) atoms. The Balaban J connectivity index is 1.65. The predicted octanol–water partition coefficient (Wildman–Crippen LogP) is 2.57. The summed E-state index contributed by atoms with van der Waals surface area (Å²) in [4.78, 5) is 2.68. The summed E-state index contributed by atoms with van der Waals surface area (Å²) in [5.41, 5.74) is 4.69. The van der Waals surface area contributed by atoms with E-state index in [1.54, 1.807) is 11.3 Å². The van der Waals surface area contributed by atoms with Crippen molar-refractivity contribution in [3.63, 3.8) is 0 Å². The Morgan fingerprint density at radius 2 is 1.94 bits per heavy atom. The molecule has 2 nitrogen and oxygen atoms in total. The van der Waals surface area contributed by atoms with E-state index >= 15 is 0 Å². The van der Waals surface area contributed by atoms with Gasteiger partial charge >= 0.3 is 0 Å². The van der Waals surface area contributed by atoms with Crippen LogP contribution in [0.2, 0.25) is 0 Å². The molecule has 1 aromatic rings. The standard InChI is InChI=1S/C16H22N2/c1-4-13-10-18(11-14(13)5-1)16-6-2-3-12-9-17-8-7-15(12)16/h2-3,6,13-14,17H,1,4-5,7-11H2. The van der Waals surface area contributed by atoms with Crippen LogP contribution in [0.3, 0.4) is 0 Å². The molecular formula is C16H22N2. The zero-order valence-electron chi connectivity index (χ0n) is 11.0. The van der Waals surface area contributed by atoms with E-state index in [1.807, 2.05) is 0 Å². The van der Waals surface area contributed by atoms with E-state index in [2.05, 4.69) is 28.4 Å². The van der Waals surface area contributed by atoms with Gasteiger partial charge in [0.05, 0.1) is 0 Å². The Kier molecular flexibility index (Phi) is 2.58. The highest BCUT2D eigenvalue weighted by atomic mass is 15.2. The average Bonchev–Trinajstić information content (AvgIpc) is 2.99. The van der Waals surface area contributed by atoms with Crippen molar-refractivity contribution in [2.24, 2.45) is 11.8 Å². The van der Waals surface area contributed by atoms with Crippen molar-refractivity contribution in [3.05, 3.63) is 29.3 Å². The Morgan fingerprint density at radius 3 is 2.78 bits per heavy atom. The van der Waals surface area contributed by atoms with Gasteiger partial charge in [-0.15, -0.1) is 0 Å². The van der Waals surface area contributed by atoms with Crippen molar-refractivity contribution in [3.8, 4) is 0 Å². The van der Waals surface area contributed by atoms with Crippen molar-refractivity contribution in [1.29, 1.82) is 0 Å². The summed E-state index contributed by atoms with van der Waals surface area (Å²) in [7, 11) is 0. The molecule has 2 aliphatic heterocycles. The lowest BCUT2D eigenvalue weighted by atomic mass is 9.98. The maximum Gasteiger partial charge on any atom is 0.0402 e. The molecule has 2 heterocycles. The number of hydrogen-bond acceptors (Lipinski definition) is 2. The number of benzene rings is 1. The van der Waals surface area contributed by atoms with Crippen LogP contribution < -0.4 is 10.2 Å². The summed E-state index contributed by atoms with van der Waals surface area (Å²) in [6.07, 6.45) is 5.62. The second kappa shape index (κ2) is 4.27. The molecule has 3 aliphatic rings. The molecule has 0 amide bonds. The van der Waals surface area contributed by atoms with Crippen LogP contribution in [0.1, 0.15) is 30.4 Å². The van der Waals surface area contributed by atoms with E-state index in [1.165, 1.54) is 44.3 Å². The van der Waals surface area contributed by atoms with Crippen molar-refractivity contribution >= 4 is 5.69 Å². The van der Waals surface area contributed by atoms with E-state index in [0.717, 1.165) is 24.9 Å². The van der Waals surface area contributed by atoms with Gasteiger partial charge < -0.3 is 10.2 Å². The van der Waals surface area contributed by atoms with Gasteiger partial charge in [-0.3, -0.25) is 0 Å². The molecular weight excluding hydrogens is 220 g/mol. The van der Waals surface area contributed by atoms with Crippen LogP contribution in [0.15, 0.2) is 18.2 Å². The summed E-state index contributed by atoms with van der Waals surface area (Å²) in [5, 5.41) is 3.48. The molecule has 4 rings (SSSR count). The van der Waals surface area contributed by atoms with E-state index in [-0.39, 0.29) is 0 Å². The Hall–Kier alpha value is -1.02. The lowest BCUT2D eigenvalue weighted by Crippen LogP contribution is -2.28. The number of fused-ring (bicyclic) bond motifs is 2. The quantitative estimate of drug-likeness (QED) is 0.814. The van der Waals surface area contributed by atoms with E-state index < -0.39 is 0 Å². The van der Waals surface area contributed by atoms with Crippen LogP contribution in [0, 0.1) is 11.8 Å². The van der Waals surface area contributed by atoms with Crippen LogP contribution in [0.4, 0.5) is 5.69 Å². The smallest absolute Gasteiger partial charge is 0.0402 e. The molecule has 96 valence electrons. The highest BCUT2D eigenvalue weighted by Gasteiger charge is 2.36. The van der Waals surface area contributed by atoms with E-state index in [4.69, 9.17) is 0 Å². The average molecular weight is 242 g/mol. The second-order valence-electron chi connectivity index (χ2n) is 6.20. The molecule has 2 heteroatoms. The normalized spacial score (nSPS) is 30.3. The number of nitrogens with one attached hydrogen (secondary N) is 1. The summed E-state index contributed by atoms with van der Waals surface area (Å²) in [5.74, 6) is 1.98. The molecule has 1 N–H and O–H groups in total. The molecule has 1 aliphatic carbocycles. The van der Waals surface area contributed by atoms with Crippen molar-refractivity contribution in [2.45, 2.75) is 32.2 Å². The van der Waals surface area contributed by atoms with Crippen LogP contribution in [0.25, 0.3) is 0 Å². The lowest BCUT2D eigenvalue weighted by Gasteiger charge is -2.27. The summed E-state index contributed by atoms with van der Waals surface area (Å²) in [6, 6.07) is 6.89. The Morgan fingerprint density at radius 1 is 1.11 bits per heavy atom. The Labute approximate surface area is 109 Å². The lowest BCUT2D eigenvalue weighted by molar-refractivity contribution is 0.494. The zero-order valence-corrected chi connectivity index (χ0v) is 11.0. The van der Waals surface area contributed by atoms with Gasteiger partial charge in [0, 0.05) is 25.3 Å². The number of nitrogens with zero attached hydrogens (tertiary/aromatic N) is 1. The van der Waals surface area contributed by atoms with Gasteiger partial charge in [-0.1, -0.05) is 18.6 Å². The molecule has 0 radical (unpaired) electrons. The summed E-state index contributed by atoms with van der Waals surface area (Å²) >= 11 is 0. The molecule has 1 saturated heterocycles. The maximum absolute atomic E-state index is 3.48. The van der Waals surface area contributed by atoms with Crippen LogP contribution in [-0.2, 0) is 13.0 Å². The first-order chi connectivity index (χ1) is 8.92. The van der Waals surface area contributed by atoms with Crippen molar-refractivity contribution < 1.29 is 0 Å². The maximum atomic E-state index is 3.48. The fourth-order valence-corrected chi connectivity index (χ4v) is 4.24. The van der Waals surface area contributed by atoms with Gasteiger partial charge in [0.15, 0.2) is 0 Å². The third-order valence-corrected chi connectivity index (χ3v) is 5.18.